The van der Waals surface area contributed by atoms with Crippen molar-refractivity contribution in [3.8, 4) is 5.75 Å². The van der Waals surface area contributed by atoms with Crippen molar-refractivity contribution < 1.29 is 4.74 Å². The second-order valence-corrected chi connectivity index (χ2v) is 8.21. The molecule has 148 valence electrons. The fourth-order valence-electron chi connectivity index (χ4n) is 4.63. The Hall–Kier alpha value is -2.30. The molecule has 1 saturated heterocycles. The molecule has 3 aromatic rings. The molecule has 4 nitrogen and oxygen atoms in total. The van der Waals surface area contributed by atoms with Crippen LogP contribution in [0.5, 0.6) is 5.75 Å². The van der Waals surface area contributed by atoms with Crippen molar-refractivity contribution in [2.24, 2.45) is 7.05 Å². The maximum absolute atomic E-state index is 5.50. The molecule has 2 atom stereocenters. The number of likely N-dealkylation sites (tertiary alicyclic amines) is 1. The van der Waals surface area contributed by atoms with E-state index in [0.717, 1.165) is 31.8 Å². The topological polar surface area (TPSA) is 20.6 Å². The van der Waals surface area contributed by atoms with Gasteiger partial charge in [-0.1, -0.05) is 30.3 Å². The quantitative estimate of drug-likeness (QED) is 0.653. The number of hydrogen-bond donors (Lipinski definition) is 0. The fourth-order valence-corrected chi connectivity index (χ4v) is 4.63. The summed E-state index contributed by atoms with van der Waals surface area (Å²) >= 11 is 0. The highest BCUT2D eigenvalue weighted by atomic mass is 16.5. The number of aryl methyl sites for hydroxylation is 1. The highest BCUT2D eigenvalue weighted by Gasteiger charge is 2.36. The molecule has 0 radical (unpaired) electrons. The molecule has 0 saturated carbocycles. The van der Waals surface area contributed by atoms with Crippen molar-refractivity contribution in [3.63, 3.8) is 0 Å². The van der Waals surface area contributed by atoms with Gasteiger partial charge in [-0.2, -0.15) is 0 Å². The van der Waals surface area contributed by atoms with E-state index in [2.05, 4.69) is 90.2 Å². The van der Waals surface area contributed by atoms with Crippen LogP contribution in [0.4, 0.5) is 0 Å². The van der Waals surface area contributed by atoms with Gasteiger partial charge in [0.2, 0.25) is 0 Å². The van der Waals surface area contributed by atoms with Gasteiger partial charge >= 0.3 is 0 Å². The van der Waals surface area contributed by atoms with E-state index in [4.69, 9.17) is 4.74 Å². The molecule has 0 N–H and O–H groups in total. The molecule has 2 heterocycles. The fraction of sp³-hybridized carbons (Fsp3) is 0.417. The number of ether oxygens (including phenoxy) is 1. The maximum Gasteiger partial charge on any atom is 0.119 e. The number of benzene rings is 2. The predicted molar refractivity (Wildman–Crippen MR) is 116 cm³/mol. The summed E-state index contributed by atoms with van der Waals surface area (Å²) in [5.41, 5.74) is 4.13. The normalized spacial score (nSPS) is 20.3. The third kappa shape index (κ3) is 3.67. The van der Waals surface area contributed by atoms with Crippen LogP contribution in [0.15, 0.2) is 54.7 Å². The SMILES string of the molecule is COc1ccc2c(c1)c([C@@H]1CN(CCc3ccccc3)C[C@H]1N(C)C)cn2C. The summed E-state index contributed by atoms with van der Waals surface area (Å²) in [5.74, 6) is 1.43. The molecule has 1 aliphatic heterocycles. The molecule has 0 bridgehead atoms. The molecular weight excluding hydrogens is 346 g/mol. The van der Waals surface area contributed by atoms with E-state index in [1.807, 2.05) is 0 Å². The standard InChI is InChI=1S/C24H31N3O/c1-25(2)24-17-27(13-12-18-8-6-5-7-9-18)16-22(24)21-15-26(3)23-11-10-19(28-4)14-20(21)23/h5-11,14-15,22,24H,12-13,16-17H2,1-4H3/t22-,24+/m0/s1. The lowest BCUT2D eigenvalue weighted by molar-refractivity contribution is 0.264. The summed E-state index contributed by atoms with van der Waals surface area (Å²) in [7, 11) is 8.31. The molecule has 0 spiro atoms. The number of hydrogen-bond acceptors (Lipinski definition) is 3. The average molecular weight is 378 g/mol. The van der Waals surface area contributed by atoms with Crippen LogP contribution < -0.4 is 4.74 Å². The van der Waals surface area contributed by atoms with E-state index < -0.39 is 0 Å². The minimum Gasteiger partial charge on any atom is -0.497 e. The van der Waals surface area contributed by atoms with E-state index in [9.17, 15) is 0 Å². The highest BCUT2D eigenvalue weighted by Crippen LogP contribution is 2.36. The van der Waals surface area contributed by atoms with E-state index >= 15 is 0 Å². The number of nitrogens with zero attached hydrogens (tertiary/aromatic N) is 3. The number of aromatic nitrogens is 1. The smallest absolute Gasteiger partial charge is 0.119 e. The van der Waals surface area contributed by atoms with Gasteiger partial charge in [0.05, 0.1) is 7.11 Å². The first kappa shape index (κ1) is 19.0. The zero-order valence-electron chi connectivity index (χ0n) is 17.4. The Kier molecular flexibility index (Phi) is 5.42. The van der Waals surface area contributed by atoms with Crippen LogP contribution in [0.3, 0.4) is 0 Å². The van der Waals surface area contributed by atoms with Crippen molar-refractivity contribution in [3.05, 3.63) is 65.9 Å². The zero-order valence-corrected chi connectivity index (χ0v) is 17.4. The number of likely N-dealkylation sites (N-methyl/N-ethyl adjacent to an activating group) is 1. The largest absolute Gasteiger partial charge is 0.497 e. The minimum atomic E-state index is 0.501. The van der Waals surface area contributed by atoms with E-state index in [0.29, 0.717) is 12.0 Å². The van der Waals surface area contributed by atoms with Crippen LogP contribution in [0.25, 0.3) is 10.9 Å². The number of methoxy groups -OCH3 is 1. The van der Waals surface area contributed by atoms with E-state index in [1.165, 1.54) is 22.0 Å². The van der Waals surface area contributed by atoms with Crippen LogP contribution in [0.1, 0.15) is 17.0 Å². The van der Waals surface area contributed by atoms with Gasteiger partial charge in [-0.25, -0.2) is 0 Å². The predicted octanol–water partition coefficient (Wildman–Crippen LogP) is 3.76. The zero-order chi connectivity index (χ0) is 19.7. The van der Waals surface area contributed by atoms with Crippen molar-refractivity contribution in [1.82, 2.24) is 14.4 Å². The summed E-state index contributed by atoms with van der Waals surface area (Å²) in [6.45, 7) is 3.33. The summed E-state index contributed by atoms with van der Waals surface area (Å²) in [4.78, 5) is 5.02. The summed E-state index contributed by atoms with van der Waals surface area (Å²) in [5, 5.41) is 1.32. The van der Waals surface area contributed by atoms with Gasteiger partial charge in [0.25, 0.3) is 0 Å². The van der Waals surface area contributed by atoms with Gasteiger partial charge in [0.15, 0.2) is 0 Å². The van der Waals surface area contributed by atoms with Crippen LogP contribution >= 0.6 is 0 Å². The molecular formula is C24H31N3O. The van der Waals surface area contributed by atoms with Crippen molar-refractivity contribution in [1.29, 1.82) is 0 Å². The molecule has 1 aromatic heterocycles. The summed E-state index contributed by atoms with van der Waals surface area (Å²) in [6, 6.07) is 17.8. The second kappa shape index (κ2) is 7.98. The molecule has 28 heavy (non-hydrogen) atoms. The Labute approximate surface area is 168 Å². The van der Waals surface area contributed by atoms with Crippen LogP contribution in [-0.2, 0) is 13.5 Å². The lowest BCUT2D eigenvalue weighted by Gasteiger charge is -2.25. The molecule has 4 rings (SSSR count). The van der Waals surface area contributed by atoms with E-state index in [1.54, 1.807) is 7.11 Å². The lowest BCUT2D eigenvalue weighted by atomic mass is 9.93. The van der Waals surface area contributed by atoms with Gasteiger partial charge in [0.1, 0.15) is 5.75 Å². The molecule has 1 aliphatic rings. The van der Waals surface area contributed by atoms with Crippen LogP contribution in [0, 0.1) is 0 Å². The molecule has 2 aromatic carbocycles. The van der Waals surface area contributed by atoms with E-state index in [-0.39, 0.29) is 0 Å². The average Bonchev–Trinajstić information content (AvgIpc) is 3.28. The van der Waals surface area contributed by atoms with Gasteiger partial charge in [0, 0.05) is 55.7 Å². The summed E-state index contributed by atoms with van der Waals surface area (Å²) in [6.07, 6.45) is 3.43. The van der Waals surface area contributed by atoms with Gasteiger partial charge in [-0.3, -0.25) is 0 Å². The Morgan fingerprint density at radius 3 is 2.57 bits per heavy atom. The van der Waals surface area contributed by atoms with Crippen molar-refractivity contribution >= 4 is 10.9 Å². The van der Waals surface area contributed by atoms with Crippen LogP contribution in [-0.4, -0.2) is 61.2 Å². The first-order valence-electron chi connectivity index (χ1n) is 10.1. The Morgan fingerprint density at radius 1 is 1.07 bits per heavy atom. The molecule has 0 amide bonds. The molecule has 0 aliphatic carbocycles. The lowest BCUT2D eigenvalue weighted by Crippen LogP contribution is -2.34. The molecule has 1 fully saturated rings. The third-order valence-electron chi connectivity index (χ3n) is 6.21. The van der Waals surface area contributed by atoms with Crippen molar-refractivity contribution in [2.75, 3.05) is 40.8 Å². The number of rotatable bonds is 6. The van der Waals surface area contributed by atoms with Gasteiger partial charge in [-0.15, -0.1) is 0 Å². The first-order valence-corrected chi connectivity index (χ1v) is 10.1. The second-order valence-electron chi connectivity index (χ2n) is 8.21. The Bertz CT molecular complexity index is 932. The van der Waals surface area contributed by atoms with Crippen LogP contribution in [0.2, 0.25) is 0 Å². The first-order chi connectivity index (χ1) is 13.6. The minimum absolute atomic E-state index is 0.501. The number of fused-ring (bicyclic) bond motifs is 1. The molecule has 4 heteroatoms. The van der Waals surface area contributed by atoms with Gasteiger partial charge < -0.3 is 19.1 Å². The Morgan fingerprint density at radius 2 is 1.86 bits per heavy atom. The van der Waals surface area contributed by atoms with Crippen molar-refractivity contribution in [2.45, 2.75) is 18.4 Å². The van der Waals surface area contributed by atoms with Gasteiger partial charge in [-0.05, 0) is 49.8 Å². The Balaban J connectivity index is 1.60. The summed E-state index contributed by atoms with van der Waals surface area (Å²) < 4.78 is 7.76. The monoisotopic (exact) mass is 377 g/mol. The maximum atomic E-state index is 5.50. The molecule has 0 unspecified atom stereocenters. The third-order valence-corrected chi connectivity index (χ3v) is 6.21. The highest BCUT2D eigenvalue weighted by molar-refractivity contribution is 5.86.